The molecule has 178 valence electrons. The van der Waals surface area contributed by atoms with Crippen molar-refractivity contribution in [2.45, 2.75) is 52.7 Å². The Bertz CT molecular complexity index is 1200. The van der Waals surface area contributed by atoms with E-state index in [4.69, 9.17) is 9.94 Å². The second kappa shape index (κ2) is 9.81. The predicted molar refractivity (Wildman–Crippen MR) is 130 cm³/mol. The van der Waals surface area contributed by atoms with Gasteiger partial charge in [0.25, 0.3) is 5.91 Å². The zero-order chi connectivity index (χ0) is 24.4. The average Bonchev–Trinajstić information content (AvgIpc) is 3.17. The number of likely N-dealkylation sites (tertiary alicyclic amines) is 1. The maximum absolute atomic E-state index is 13.1. The number of amides is 2. The second-order valence-electron chi connectivity index (χ2n) is 9.34. The molecule has 2 atom stereocenters. The number of aromatic nitrogens is 1. The van der Waals surface area contributed by atoms with Crippen LogP contribution in [0.3, 0.4) is 0 Å². The lowest BCUT2D eigenvalue weighted by Gasteiger charge is -2.29. The summed E-state index contributed by atoms with van der Waals surface area (Å²) in [4.78, 5) is 31.4. The lowest BCUT2D eigenvalue weighted by Crippen LogP contribution is -2.50. The number of nitrogens with one attached hydrogen (secondary N) is 1. The fourth-order valence-electron chi connectivity index (χ4n) is 4.79. The van der Waals surface area contributed by atoms with E-state index in [1.165, 1.54) is 5.56 Å². The monoisotopic (exact) mass is 461 g/mol. The zero-order valence-electron chi connectivity index (χ0n) is 20.0. The van der Waals surface area contributed by atoms with E-state index in [-0.39, 0.29) is 17.7 Å². The molecule has 0 saturated carbocycles. The molecular weight excluding hydrogens is 430 g/mol. The first kappa shape index (κ1) is 23.7. The van der Waals surface area contributed by atoms with Gasteiger partial charge in [-0.05, 0) is 61.6 Å². The van der Waals surface area contributed by atoms with Gasteiger partial charge in [-0.25, -0.2) is 5.48 Å². The molecular formula is C27H31N3O4. The van der Waals surface area contributed by atoms with Crippen LogP contribution in [0, 0.1) is 19.8 Å². The Balaban J connectivity index is 1.46. The number of nitrogens with zero attached hydrogens (tertiary/aromatic N) is 2. The molecule has 3 aromatic rings. The Hall–Kier alpha value is -3.45. The number of aryl methyl sites for hydroxylation is 2. The third-order valence-corrected chi connectivity index (χ3v) is 6.44. The number of fused-ring (bicyclic) bond motifs is 1. The number of hydroxylamine groups is 1. The van der Waals surface area contributed by atoms with E-state index in [2.05, 4.69) is 30.1 Å². The Labute approximate surface area is 199 Å². The van der Waals surface area contributed by atoms with E-state index >= 15 is 0 Å². The number of carbonyl (C=O) groups excluding carboxylic acids is 2. The number of benzene rings is 2. The van der Waals surface area contributed by atoms with Gasteiger partial charge in [0, 0.05) is 23.2 Å². The van der Waals surface area contributed by atoms with Gasteiger partial charge in [0.15, 0.2) is 0 Å². The summed E-state index contributed by atoms with van der Waals surface area (Å²) in [6.07, 6.45) is 0.628. The first-order valence-electron chi connectivity index (χ1n) is 11.6. The van der Waals surface area contributed by atoms with Crippen molar-refractivity contribution in [3.8, 4) is 5.75 Å². The molecule has 34 heavy (non-hydrogen) atoms. The van der Waals surface area contributed by atoms with Gasteiger partial charge in [-0.3, -0.25) is 19.8 Å². The van der Waals surface area contributed by atoms with Crippen LogP contribution in [0.2, 0.25) is 0 Å². The summed E-state index contributed by atoms with van der Waals surface area (Å²) in [5.74, 6) is -0.341. The minimum Gasteiger partial charge on any atom is -0.489 e. The molecule has 1 fully saturated rings. The standard InChI is InChI=1S/C27H31N3O4/c1-16(2)25(26(31)29-33)30-12-11-23(27(30)32)19-6-8-21(9-7-19)34-15-20-14-18(4)28-24-13-17(3)5-10-22(20)24/h5-10,13-14,16,23,25,33H,11-12,15H2,1-4H3,(H,29,31). The van der Waals surface area contributed by atoms with Gasteiger partial charge >= 0.3 is 0 Å². The predicted octanol–water partition coefficient (Wildman–Crippen LogP) is 4.28. The molecule has 2 N–H and O–H groups in total. The molecule has 0 radical (unpaired) electrons. The fourth-order valence-corrected chi connectivity index (χ4v) is 4.79. The average molecular weight is 462 g/mol. The van der Waals surface area contributed by atoms with Crippen molar-refractivity contribution < 1.29 is 19.5 Å². The van der Waals surface area contributed by atoms with Crippen LogP contribution in [0.25, 0.3) is 10.9 Å². The first-order chi connectivity index (χ1) is 16.3. The molecule has 1 aliphatic rings. The highest BCUT2D eigenvalue weighted by atomic mass is 16.5. The molecule has 0 bridgehead atoms. The highest BCUT2D eigenvalue weighted by Crippen LogP contribution is 2.32. The van der Waals surface area contributed by atoms with Crippen LogP contribution in [0.15, 0.2) is 48.5 Å². The number of rotatable bonds is 7. The summed E-state index contributed by atoms with van der Waals surface area (Å²) in [7, 11) is 0. The molecule has 7 nitrogen and oxygen atoms in total. The van der Waals surface area contributed by atoms with E-state index in [9.17, 15) is 9.59 Å². The van der Waals surface area contributed by atoms with Crippen LogP contribution < -0.4 is 10.2 Å². The molecule has 7 heteroatoms. The lowest BCUT2D eigenvalue weighted by atomic mass is 9.97. The normalized spacial score (nSPS) is 16.8. The minimum atomic E-state index is -0.687. The molecule has 0 aliphatic carbocycles. The number of carbonyl (C=O) groups is 2. The third kappa shape index (κ3) is 4.75. The van der Waals surface area contributed by atoms with Crippen molar-refractivity contribution in [3.05, 3.63) is 70.9 Å². The molecule has 2 unspecified atom stereocenters. The van der Waals surface area contributed by atoms with Crippen LogP contribution in [-0.2, 0) is 16.2 Å². The maximum atomic E-state index is 13.1. The summed E-state index contributed by atoms with van der Waals surface area (Å²) >= 11 is 0. The lowest BCUT2D eigenvalue weighted by molar-refractivity contribution is -0.144. The van der Waals surface area contributed by atoms with Gasteiger partial charge in [0.2, 0.25) is 5.91 Å². The highest BCUT2D eigenvalue weighted by molar-refractivity contribution is 5.92. The van der Waals surface area contributed by atoms with E-state index in [0.29, 0.717) is 19.6 Å². The number of ether oxygens (including phenoxy) is 1. The number of hydrogen-bond acceptors (Lipinski definition) is 5. The van der Waals surface area contributed by atoms with E-state index in [0.717, 1.165) is 33.5 Å². The van der Waals surface area contributed by atoms with Crippen molar-refractivity contribution in [3.63, 3.8) is 0 Å². The van der Waals surface area contributed by atoms with Crippen LogP contribution >= 0.6 is 0 Å². The van der Waals surface area contributed by atoms with Gasteiger partial charge in [0.05, 0.1) is 11.4 Å². The van der Waals surface area contributed by atoms with Gasteiger partial charge < -0.3 is 9.64 Å². The Morgan fingerprint density at radius 2 is 1.91 bits per heavy atom. The molecule has 2 amide bonds. The van der Waals surface area contributed by atoms with Gasteiger partial charge in [-0.15, -0.1) is 0 Å². The van der Waals surface area contributed by atoms with Crippen LogP contribution in [0.4, 0.5) is 0 Å². The van der Waals surface area contributed by atoms with Gasteiger partial charge in [-0.1, -0.05) is 38.1 Å². The van der Waals surface area contributed by atoms with Gasteiger partial charge in [0.1, 0.15) is 18.4 Å². The number of hydrogen-bond donors (Lipinski definition) is 2. The van der Waals surface area contributed by atoms with Gasteiger partial charge in [-0.2, -0.15) is 0 Å². The van der Waals surface area contributed by atoms with Crippen molar-refractivity contribution in [2.75, 3.05) is 6.54 Å². The quantitative estimate of drug-likeness (QED) is 0.405. The third-order valence-electron chi connectivity index (χ3n) is 6.44. The molecule has 1 aliphatic heterocycles. The minimum absolute atomic E-state index is 0.0926. The summed E-state index contributed by atoms with van der Waals surface area (Å²) in [6.45, 7) is 8.66. The largest absolute Gasteiger partial charge is 0.489 e. The van der Waals surface area contributed by atoms with Crippen LogP contribution in [0.5, 0.6) is 5.75 Å². The first-order valence-corrected chi connectivity index (χ1v) is 11.6. The summed E-state index contributed by atoms with van der Waals surface area (Å²) in [6, 6.07) is 15.2. The molecule has 2 aromatic carbocycles. The Kier molecular flexibility index (Phi) is 6.84. The SMILES string of the molecule is Cc1ccc2c(COc3ccc(C4CCN(C(C(=O)NO)C(C)C)C4=O)cc3)cc(C)nc2c1. The van der Waals surface area contributed by atoms with E-state index in [1.807, 2.05) is 51.1 Å². The molecule has 1 saturated heterocycles. The van der Waals surface area contributed by atoms with Crippen LogP contribution in [0.1, 0.15) is 48.6 Å². The fraction of sp³-hybridized carbons (Fsp3) is 0.370. The van der Waals surface area contributed by atoms with Crippen molar-refractivity contribution in [1.29, 1.82) is 0 Å². The summed E-state index contributed by atoms with van der Waals surface area (Å²) < 4.78 is 6.06. The van der Waals surface area contributed by atoms with Crippen molar-refractivity contribution in [1.82, 2.24) is 15.4 Å². The number of pyridine rings is 1. The van der Waals surface area contributed by atoms with Crippen molar-refractivity contribution >= 4 is 22.7 Å². The van der Waals surface area contributed by atoms with Crippen LogP contribution in [-0.4, -0.2) is 39.5 Å². The van der Waals surface area contributed by atoms with Crippen molar-refractivity contribution in [2.24, 2.45) is 5.92 Å². The molecule has 4 rings (SSSR count). The molecule has 2 heterocycles. The molecule has 0 spiro atoms. The molecule has 1 aromatic heterocycles. The maximum Gasteiger partial charge on any atom is 0.266 e. The summed E-state index contributed by atoms with van der Waals surface area (Å²) in [5, 5.41) is 10.2. The summed E-state index contributed by atoms with van der Waals surface area (Å²) in [5.41, 5.74) is 6.76. The van der Waals surface area contributed by atoms with E-state index < -0.39 is 11.9 Å². The smallest absolute Gasteiger partial charge is 0.266 e. The highest BCUT2D eigenvalue weighted by Gasteiger charge is 2.40. The van der Waals surface area contributed by atoms with E-state index in [1.54, 1.807) is 10.4 Å². The Morgan fingerprint density at radius 1 is 1.18 bits per heavy atom. The Morgan fingerprint density at radius 3 is 2.59 bits per heavy atom. The second-order valence-corrected chi connectivity index (χ2v) is 9.34. The topological polar surface area (TPSA) is 91.8 Å². The zero-order valence-corrected chi connectivity index (χ0v) is 20.0.